The Morgan fingerprint density at radius 3 is 2.58 bits per heavy atom. The van der Waals surface area contributed by atoms with Gasteiger partial charge in [0.2, 0.25) is 11.8 Å². The van der Waals surface area contributed by atoms with Crippen LogP contribution < -0.4 is 15.4 Å². The fourth-order valence-corrected chi connectivity index (χ4v) is 4.50. The highest BCUT2D eigenvalue weighted by Crippen LogP contribution is 2.32. The van der Waals surface area contributed by atoms with Gasteiger partial charge in [-0.3, -0.25) is 9.59 Å². The van der Waals surface area contributed by atoms with E-state index >= 15 is 0 Å². The van der Waals surface area contributed by atoms with Crippen LogP contribution in [0.5, 0.6) is 11.6 Å². The zero-order valence-corrected chi connectivity index (χ0v) is 22.5. The van der Waals surface area contributed by atoms with Crippen molar-refractivity contribution in [1.82, 2.24) is 20.5 Å². The van der Waals surface area contributed by atoms with E-state index in [0.29, 0.717) is 17.4 Å². The highest BCUT2D eigenvalue weighted by molar-refractivity contribution is 6.35. The molecule has 3 aromatic rings. The second-order valence-corrected chi connectivity index (χ2v) is 9.99. The Morgan fingerprint density at radius 2 is 1.84 bits per heavy atom. The van der Waals surface area contributed by atoms with Gasteiger partial charge in [-0.1, -0.05) is 53.5 Å². The van der Waals surface area contributed by atoms with Crippen LogP contribution in [-0.4, -0.2) is 60.5 Å². The number of nitrogens with one attached hydrogen (secondary N) is 2. The summed E-state index contributed by atoms with van der Waals surface area (Å²) in [5.41, 5.74) is 1.12. The van der Waals surface area contributed by atoms with Crippen LogP contribution in [-0.2, 0) is 16.1 Å². The van der Waals surface area contributed by atoms with E-state index in [0.717, 1.165) is 31.5 Å². The fourth-order valence-electron chi connectivity index (χ4n) is 4.05. The first kappa shape index (κ1) is 27.9. The predicted octanol–water partition coefficient (Wildman–Crippen LogP) is 4.71. The molecule has 10 heteroatoms. The maximum atomic E-state index is 13.4. The highest BCUT2D eigenvalue weighted by Gasteiger charge is 2.27. The molecule has 1 fully saturated rings. The molecule has 1 aliphatic heterocycles. The lowest BCUT2D eigenvalue weighted by atomic mass is 10.1. The van der Waals surface area contributed by atoms with E-state index < -0.39 is 11.9 Å². The first-order valence-electron chi connectivity index (χ1n) is 12.4. The molecule has 0 bridgehead atoms. The molecule has 2 amide bonds. The summed E-state index contributed by atoms with van der Waals surface area (Å²) < 4.78 is 11.7. The minimum absolute atomic E-state index is 0.00143. The fraction of sp³-hybridized carbons (Fsp3) is 0.321. The van der Waals surface area contributed by atoms with Crippen LogP contribution in [0.25, 0.3) is 0 Å². The van der Waals surface area contributed by atoms with Crippen molar-refractivity contribution in [1.29, 1.82) is 0 Å². The number of nitrogens with zero attached hydrogens (tertiary/aromatic N) is 2. The summed E-state index contributed by atoms with van der Waals surface area (Å²) in [4.78, 5) is 33.0. The average molecular weight is 557 g/mol. The third-order valence-corrected chi connectivity index (χ3v) is 6.73. The van der Waals surface area contributed by atoms with Crippen molar-refractivity contribution in [2.45, 2.75) is 31.5 Å². The molecule has 0 spiro atoms. The Bertz CT molecular complexity index is 1240. The summed E-state index contributed by atoms with van der Waals surface area (Å²) in [6.45, 7) is 2.11. The molecule has 8 nitrogen and oxygen atoms in total. The van der Waals surface area contributed by atoms with Crippen molar-refractivity contribution in [2.75, 3.05) is 26.7 Å². The highest BCUT2D eigenvalue weighted by atomic mass is 35.5. The van der Waals surface area contributed by atoms with Crippen LogP contribution in [0.1, 0.15) is 28.8 Å². The van der Waals surface area contributed by atoms with Gasteiger partial charge in [0.15, 0.2) is 0 Å². The van der Waals surface area contributed by atoms with Gasteiger partial charge < -0.3 is 25.0 Å². The maximum Gasteiger partial charge on any atom is 0.257 e. The number of benzene rings is 2. The van der Waals surface area contributed by atoms with Crippen molar-refractivity contribution in [3.8, 4) is 11.6 Å². The van der Waals surface area contributed by atoms with Crippen molar-refractivity contribution in [2.24, 2.45) is 0 Å². The quantitative estimate of drug-likeness (QED) is 0.375. The maximum absolute atomic E-state index is 13.4. The first-order chi connectivity index (χ1) is 18.4. The number of piperidine rings is 1. The smallest absolute Gasteiger partial charge is 0.257 e. The van der Waals surface area contributed by atoms with E-state index in [1.165, 1.54) is 12.3 Å². The van der Waals surface area contributed by atoms with Crippen molar-refractivity contribution < 1.29 is 19.1 Å². The van der Waals surface area contributed by atoms with Crippen LogP contribution in [0, 0.1) is 0 Å². The van der Waals surface area contributed by atoms with Gasteiger partial charge in [-0.25, -0.2) is 4.98 Å². The van der Waals surface area contributed by atoms with Crippen LogP contribution in [0.2, 0.25) is 10.0 Å². The number of rotatable bonds is 10. The predicted molar refractivity (Wildman–Crippen MR) is 147 cm³/mol. The zero-order valence-electron chi connectivity index (χ0n) is 21.0. The van der Waals surface area contributed by atoms with Crippen LogP contribution >= 0.6 is 23.2 Å². The molecule has 2 N–H and O–H groups in total. The van der Waals surface area contributed by atoms with Gasteiger partial charge in [0, 0.05) is 17.3 Å². The van der Waals surface area contributed by atoms with E-state index in [1.807, 2.05) is 30.3 Å². The van der Waals surface area contributed by atoms with Gasteiger partial charge in [-0.15, -0.1) is 0 Å². The molecule has 0 radical (unpaired) electrons. The number of ether oxygens (including phenoxy) is 2. The summed E-state index contributed by atoms with van der Waals surface area (Å²) in [5.74, 6) is -0.474. The molecule has 200 valence electrons. The second-order valence-electron chi connectivity index (χ2n) is 9.15. The number of pyridine rings is 1. The Kier molecular flexibility index (Phi) is 9.95. The lowest BCUT2D eigenvalue weighted by Gasteiger charge is -2.30. The van der Waals surface area contributed by atoms with Gasteiger partial charge in [-0.2, -0.15) is 0 Å². The molecule has 1 saturated heterocycles. The number of hydrogen-bond acceptors (Lipinski definition) is 6. The lowest BCUT2D eigenvalue weighted by Crippen LogP contribution is -2.53. The minimum Gasteiger partial charge on any atom is -0.437 e. The number of likely N-dealkylation sites (tertiary alicyclic amines) is 1. The molecule has 0 saturated carbocycles. The topological polar surface area (TPSA) is 92.8 Å². The van der Waals surface area contributed by atoms with Crippen molar-refractivity contribution >= 4 is 35.0 Å². The number of carbonyl (C=O) groups is 2. The third-order valence-electron chi connectivity index (χ3n) is 6.20. The molecule has 2 aromatic carbocycles. The Labute approximate surface area is 232 Å². The van der Waals surface area contributed by atoms with Gasteiger partial charge in [0.05, 0.1) is 18.2 Å². The van der Waals surface area contributed by atoms with Gasteiger partial charge >= 0.3 is 0 Å². The van der Waals surface area contributed by atoms with Crippen LogP contribution in [0.3, 0.4) is 0 Å². The molecule has 0 aliphatic carbocycles. The van der Waals surface area contributed by atoms with Gasteiger partial charge in [-0.05, 0) is 68.9 Å². The van der Waals surface area contributed by atoms with Crippen LogP contribution in [0.15, 0.2) is 66.9 Å². The molecular formula is C28H30Cl2N4O4. The number of hydrogen-bond donors (Lipinski definition) is 2. The normalized spacial score (nSPS) is 15.0. The molecule has 1 atom stereocenters. The summed E-state index contributed by atoms with van der Waals surface area (Å²) in [6.07, 6.45) is 3.19. The van der Waals surface area contributed by atoms with E-state index in [2.05, 4.69) is 27.6 Å². The first-order valence-corrected chi connectivity index (χ1v) is 13.1. The van der Waals surface area contributed by atoms with Gasteiger partial charge in [0.25, 0.3) is 5.91 Å². The van der Waals surface area contributed by atoms with Crippen molar-refractivity contribution in [3.05, 3.63) is 88.0 Å². The minimum atomic E-state index is -0.918. The Hall–Kier alpha value is -3.17. The Morgan fingerprint density at radius 1 is 1.08 bits per heavy atom. The molecule has 4 rings (SSSR count). The molecular weight excluding hydrogens is 527 g/mol. The summed E-state index contributed by atoms with van der Waals surface area (Å²) in [6, 6.07) is 16.7. The molecule has 2 heterocycles. The SMILES string of the molecule is CN1CCC(NC(=O)[C@@H](COCc2ccccc2)NC(=O)c2cccnc2Oc2ccc(Cl)cc2Cl)CC1. The molecule has 0 unspecified atom stereocenters. The van der Waals surface area contributed by atoms with E-state index in [9.17, 15) is 9.59 Å². The van der Waals surface area contributed by atoms with E-state index in [-0.39, 0.29) is 35.0 Å². The zero-order chi connectivity index (χ0) is 26.9. The van der Waals surface area contributed by atoms with Gasteiger partial charge in [0.1, 0.15) is 17.4 Å². The van der Waals surface area contributed by atoms with E-state index in [1.54, 1.807) is 24.3 Å². The van der Waals surface area contributed by atoms with Crippen molar-refractivity contribution in [3.63, 3.8) is 0 Å². The average Bonchev–Trinajstić information content (AvgIpc) is 2.92. The lowest BCUT2D eigenvalue weighted by molar-refractivity contribution is -0.125. The monoisotopic (exact) mass is 556 g/mol. The summed E-state index contributed by atoms with van der Waals surface area (Å²) in [7, 11) is 2.06. The molecule has 1 aliphatic rings. The van der Waals surface area contributed by atoms with Crippen LogP contribution in [0.4, 0.5) is 0 Å². The second kappa shape index (κ2) is 13.6. The van der Waals surface area contributed by atoms with E-state index in [4.69, 9.17) is 32.7 Å². The summed E-state index contributed by atoms with van der Waals surface area (Å²) >= 11 is 12.2. The standard InChI is InChI=1S/C28H30Cl2N4O4/c1-34-14-11-21(12-15-34)32-27(36)24(18-37-17-19-6-3-2-4-7-19)33-26(35)22-8-5-13-31-28(22)38-25-10-9-20(29)16-23(25)30/h2-10,13,16,21,24H,11-12,14-15,17-18H2,1H3,(H,32,36)(H,33,35)/t24-/m1/s1. The number of halogens is 2. The number of aromatic nitrogens is 1. The number of amides is 2. The molecule has 38 heavy (non-hydrogen) atoms. The Balaban J connectivity index is 1.47. The third kappa shape index (κ3) is 7.91. The number of carbonyl (C=O) groups excluding carboxylic acids is 2. The summed E-state index contributed by atoms with van der Waals surface area (Å²) in [5, 5.41) is 6.61. The largest absolute Gasteiger partial charge is 0.437 e. The molecule has 1 aromatic heterocycles.